The Bertz CT molecular complexity index is 280. The molecule has 17 heavy (non-hydrogen) atoms. The topological polar surface area (TPSA) is 55.7 Å². The first-order valence-corrected chi connectivity index (χ1v) is 4.58. The molecule has 8 heteroatoms. The highest BCUT2D eigenvalue weighted by Gasteiger charge is 2.28. The third-order valence-electron chi connectivity index (χ3n) is 1.43. The second-order valence-corrected chi connectivity index (χ2v) is 4.22. The van der Waals surface area contributed by atoms with Gasteiger partial charge in [-0.15, -0.1) is 0 Å². The number of carbonyl (C=O) groups excluding carboxylic acids is 1. The van der Waals surface area contributed by atoms with E-state index in [1.165, 1.54) is 0 Å². The maximum atomic E-state index is 10.5. The van der Waals surface area contributed by atoms with Gasteiger partial charge in [-0.05, 0) is 0 Å². The molecular formula is C9H18F3N3O2. The molecule has 0 atom stereocenters. The van der Waals surface area contributed by atoms with Gasteiger partial charge in [-0.25, -0.2) is 4.99 Å². The van der Waals surface area contributed by atoms with Gasteiger partial charge in [-0.3, -0.25) is 4.48 Å². The van der Waals surface area contributed by atoms with Crippen LogP contribution in [0, 0.1) is 0 Å². The number of aliphatic imine (C=N–C) groups is 1. The normalized spacial score (nSPS) is 12.6. The third-order valence-corrected chi connectivity index (χ3v) is 1.43. The molecule has 0 spiro atoms. The van der Waals surface area contributed by atoms with E-state index in [0.29, 0.717) is 0 Å². The summed E-state index contributed by atoms with van der Waals surface area (Å²) in [6, 6.07) is 0. The molecule has 0 aliphatic rings. The highest BCUT2D eigenvalue weighted by Crippen LogP contribution is 2.11. The molecule has 0 saturated heterocycles. The Hall–Kier alpha value is -1.31. The largest absolute Gasteiger partial charge is 0.542 e. The van der Waals surface area contributed by atoms with Gasteiger partial charge < -0.3 is 14.8 Å². The van der Waals surface area contributed by atoms with Crippen LogP contribution >= 0.6 is 0 Å². The molecular weight excluding hydrogens is 239 g/mol. The highest BCUT2D eigenvalue weighted by atomic mass is 19.4. The lowest BCUT2D eigenvalue weighted by Crippen LogP contribution is -2.48. The van der Waals surface area contributed by atoms with Gasteiger partial charge in [0.1, 0.15) is 5.97 Å². The number of carboxylic acids is 1. The van der Waals surface area contributed by atoms with Crippen LogP contribution in [0.15, 0.2) is 4.99 Å². The second kappa shape index (κ2) is 6.43. The summed E-state index contributed by atoms with van der Waals surface area (Å²) in [6.07, 6.45) is -5.19. The molecule has 0 heterocycles. The molecule has 0 N–H and O–H groups in total. The summed E-state index contributed by atoms with van der Waals surface area (Å²) in [4.78, 5) is 15.0. The summed E-state index contributed by atoms with van der Waals surface area (Å²) in [5, 5.41) is 8.78. The van der Waals surface area contributed by atoms with Crippen molar-refractivity contribution >= 4 is 11.9 Å². The Morgan fingerprint density at radius 2 is 1.53 bits per heavy atom. The monoisotopic (exact) mass is 257 g/mol. The average molecular weight is 257 g/mol. The van der Waals surface area contributed by atoms with Crippen molar-refractivity contribution in [2.75, 3.05) is 42.3 Å². The Morgan fingerprint density at radius 3 is 1.53 bits per heavy atom. The minimum absolute atomic E-state index is 0.767. The van der Waals surface area contributed by atoms with Crippen LogP contribution in [0.2, 0.25) is 0 Å². The van der Waals surface area contributed by atoms with Crippen molar-refractivity contribution in [3.05, 3.63) is 0 Å². The van der Waals surface area contributed by atoms with Gasteiger partial charge in [-0.2, -0.15) is 13.2 Å². The van der Waals surface area contributed by atoms with Crippen LogP contribution in [0.5, 0.6) is 0 Å². The van der Waals surface area contributed by atoms with Gasteiger partial charge in [0, 0.05) is 21.1 Å². The van der Waals surface area contributed by atoms with Crippen LogP contribution in [-0.2, 0) is 4.79 Å². The fraction of sp³-hybridized carbons (Fsp3) is 0.778. The maximum Gasteiger partial charge on any atom is 0.430 e. The molecule has 5 nitrogen and oxygen atoms in total. The Kier molecular flexibility index (Phi) is 6.83. The lowest BCUT2D eigenvalue weighted by molar-refractivity contribution is -0.782. The molecule has 0 aromatic heterocycles. The first-order chi connectivity index (χ1) is 7.34. The molecule has 0 unspecified atom stereocenters. The van der Waals surface area contributed by atoms with E-state index in [1.807, 2.05) is 26.0 Å². The van der Waals surface area contributed by atoms with E-state index in [0.717, 1.165) is 10.4 Å². The van der Waals surface area contributed by atoms with E-state index in [9.17, 15) is 13.2 Å². The lowest BCUT2D eigenvalue weighted by atomic mass is 10.6. The number of carbonyl (C=O) groups is 1. The Morgan fingerprint density at radius 1 is 1.24 bits per heavy atom. The zero-order chi connectivity index (χ0) is 14.4. The molecule has 0 radical (unpaired) electrons. The standard InChI is InChI=1S/C7H18N3.C2HF3O2/c1-8-7(9(2)3)10(4,5)6;3-2(4,5)1(6)7/h1-6H3;(H,6,7)/q+1;/p-1. The predicted octanol–water partition coefficient (Wildman–Crippen LogP) is -0.461. The number of aliphatic carboxylic acids is 1. The number of hydrogen-bond donors (Lipinski definition) is 0. The molecule has 102 valence electrons. The van der Waals surface area contributed by atoms with Crippen molar-refractivity contribution in [1.29, 1.82) is 0 Å². The number of nitrogens with zero attached hydrogens (tertiary/aromatic N) is 3. The van der Waals surface area contributed by atoms with Crippen LogP contribution in [0.25, 0.3) is 0 Å². The number of halogens is 3. The molecule has 0 fully saturated rings. The van der Waals surface area contributed by atoms with Crippen LogP contribution in [-0.4, -0.2) is 69.8 Å². The molecule has 0 aromatic rings. The molecule has 0 aromatic carbocycles. The number of hydrogen-bond acceptors (Lipinski definition) is 3. The first-order valence-electron chi connectivity index (χ1n) is 4.58. The first kappa shape index (κ1) is 18.1. The van der Waals surface area contributed by atoms with E-state index in [2.05, 4.69) is 26.1 Å². The molecule has 0 amide bonds. The molecule has 0 rings (SSSR count). The zero-order valence-corrected chi connectivity index (χ0v) is 10.8. The third kappa shape index (κ3) is 8.49. The SMILES string of the molecule is CN=C(N(C)C)[N+](C)(C)C.O=C([O-])C(F)(F)F. The van der Waals surface area contributed by atoms with Gasteiger partial charge in [0.15, 0.2) is 0 Å². The molecule has 0 saturated carbocycles. The van der Waals surface area contributed by atoms with Gasteiger partial charge in [0.05, 0.1) is 21.1 Å². The van der Waals surface area contributed by atoms with Crippen molar-refractivity contribution in [3.8, 4) is 0 Å². The fourth-order valence-corrected chi connectivity index (χ4v) is 1.10. The smallest absolute Gasteiger partial charge is 0.430 e. The fourth-order valence-electron chi connectivity index (χ4n) is 1.10. The number of carboxylic acid groups (broad SMARTS) is 1. The Balaban J connectivity index is 0. The molecule has 0 bridgehead atoms. The lowest BCUT2D eigenvalue weighted by Gasteiger charge is -2.28. The summed E-state index contributed by atoms with van der Waals surface area (Å²) < 4.78 is 32.3. The van der Waals surface area contributed by atoms with E-state index in [1.54, 1.807) is 0 Å². The van der Waals surface area contributed by atoms with E-state index in [4.69, 9.17) is 9.90 Å². The van der Waals surface area contributed by atoms with Crippen LogP contribution in [0.3, 0.4) is 0 Å². The van der Waals surface area contributed by atoms with Gasteiger partial charge in [-0.1, -0.05) is 0 Å². The number of alkyl halides is 3. The zero-order valence-electron chi connectivity index (χ0n) is 10.8. The summed E-state index contributed by atoms with van der Waals surface area (Å²) in [5.74, 6) is -1.94. The molecule has 0 aliphatic heterocycles. The predicted molar refractivity (Wildman–Crippen MR) is 56.1 cm³/mol. The summed E-state index contributed by atoms with van der Waals surface area (Å²) in [6.45, 7) is 0. The number of guanidine groups is 1. The minimum atomic E-state index is -5.19. The highest BCUT2D eigenvalue weighted by molar-refractivity contribution is 5.72. The van der Waals surface area contributed by atoms with Gasteiger partial charge >= 0.3 is 6.18 Å². The van der Waals surface area contributed by atoms with Crippen molar-refractivity contribution in [2.45, 2.75) is 6.18 Å². The van der Waals surface area contributed by atoms with Crippen molar-refractivity contribution < 1.29 is 27.6 Å². The van der Waals surface area contributed by atoms with Crippen LogP contribution in [0.1, 0.15) is 0 Å². The van der Waals surface area contributed by atoms with E-state index >= 15 is 0 Å². The average Bonchev–Trinajstić information content (AvgIpc) is 2.00. The number of rotatable bonds is 0. The Labute approximate surface area is 98.7 Å². The van der Waals surface area contributed by atoms with Crippen molar-refractivity contribution in [3.63, 3.8) is 0 Å². The molecule has 0 aliphatic carbocycles. The van der Waals surface area contributed by atoms with Gasteiger partial charge in [0.25, 0.3) is 5.96 Å². The summed E-state index contributed by atoms with van der Waals surface area (Å²) >= 11 is 0. The quantitative estimate of drug-likeness (QED) is 0.335. The minimum Gasteiger partial charge on any atom is -0.542 e. The van der Waals surface area contributed by atoms with Crippen molar-refractivity contribution in [1.82, 2.24) is 4.90 Å². The van der Waals surface area contributed by atoms with Crippen LogP contribution in [0.4, 0.5) is 13.2 Å². The number of quaternary nitrogens is 1. The van der Waals surface area contributed by atoms with Crippen molar-refractivity contribution in [2.24, 2.45) is 4.99 Å². The van der Waals surface area contributed by atoms with Gasteiger partial charge in [0.2, 0.25) is 0 Å². The summed E-state index contributed by atoms with van der Waals surface area (Å²) in [7, 11) is 12.1. The maximum absolute atomic E-state index is 10.5. The van der Waals surface area contributed by atoms with E-state index in [-0.39, 0.29) is 0 Å². The second-order valence-electron chi connectivity index (χ2n) is 4.22. The van der Waals surface area contributed by atoms with Crippen LogP contribution < -0.4 is 5.11 Å². The van der Waals surface area contributed by atoms with E-state index < -0.39 is 12.1 Å². The summed E-state index contributed by atoms with van der Waals surface area (Å²) in [5.41, 5.74) is 0.